The monoisotopic (exact) mass is 362 g/mol. The molecule has 25 heavy (non-hydrogen) atoms. The lowest BCUT2D eigenvalue weighted by Crippen LogP contribution is -2.39. The van der Waals surface area contributed by atoms with E-state index in [2.05, 4.69) is 5.32 Å². The number of amides is 2. The highest BCUT2D eigenvalue weighted by Crippen LogP contribution is 2.24. The van der Waals surface area contributed by atoms with Crippen LogP contribution < -0.4 is 14.8 Å². The highest BCUT2D eigenvalue weighted by atomic mass is 35.5. The molecule has 5 nitrogen and oxygen atoms in total. The third-order valence-electron chi connectivity index (χ3n) is 3.86. The van der Waals surface area contributed by atoms with Crippen LogP contribution in [0.25, 0.3) is 0 Å². The van der Waals surface area contributed by atoms with E-state index in [9.17, 15) is 4.79 Å². The third-order valence-corrected chi connectivity index (χ3v) is 4.09. The first kappa shape index (κ1) is 18.9. The smallest absolute Gasteiger partial charge is 0.317 e. The Labute approximate surface area is 153 Å². The van der Waals surface area contributed by atoms with Gasteiger partial charge >= 0.3 is 6.03 Å². The lowest BCUT2D eigenvalue weighted by atomic mass is 10.2. The molecule has 0 aliphatic carbocycles. The Balaban J connectivity index is 2.00. The molecule has 0 bridgehead atoms. The maximum Gasteiger partial charge on any atom is 0.317 e. The van der Waals surface area contributed by atoms with Crippen molar-refractivity contribution in [1.82, 2.24) is 10.2 Å². The number of ether oxygens (including phenoxy) is 2. The van der Waals surface area contributed by atoms with Crippen molar-refractivity contribution < 1.29 is 14.3 Å². The lowest BCUT2D eigenvalue weighted by molar-refractivity contribution is 0.197. The van der Waals surface area contributed by atoms with Crippen LogP contribution in [0.2, 0.25) is 5.02 Å². The van der Waals surface area contributed by atoms with E-state index in [1.807, 2.05) is 43.3 Å². The van der Waals surface area contributed by atoms with Gasteiger partial charge in [0.25, 0.3) is 0 Å². The maximum atomic E-state index is 12.5. The molecule has 2 aromatic carbocycles. The first-order valence-corrected chi connectivity index (χ1v) is 8.43. The molecule has 2 amide bonds. The number of hydrogen-bond acceptors (Lipinski definition) is 3. The van der Waals surface area contributed by atoms with Crippen molar-refractivity contribution in [3.05, 3.63) is 58.6 Å². The fourth-order valence-corrected chi connectivity index (χ4v) is 2.68. The fraction of sp³-hybridized carbons (Fsp3) is 0.316. The Kier molecular flexibility index (Phi) is 6.95. The zero-order valence-electron chi connectivity index (χ0n) is 14.7. The van der Waals surface area contributed by atoms with Gasteiger partial charge < -0.3 is 19.7 Å². The van der Waals surface area contributed by atoms with Gasteiger partial charge in [-0.15, -0.1) is 0 Å². The number of rotatable bonds is 7. The lowest BCUT2D eigenvalue weighted by Gasteiger charge is -2.22. The molecule has 0 saturated carbocycles. The average Bonchev–Trinajstić information content (AvgIpc) is 2.64. The molecule has 0 aromatic heterocycles. The van der Waals surface area contributed by atoms with Crippen molar-refractivity contribution >= 4 is 17.6 Å². The minimum atomic E-state index is -0.139. The number of urea groups is 1. The van der Waals surface area contributed by atoms with Crippen LogP contribution in [0.3, 0.4) is 0 Å². The molecule has 6 heteroatoms. The first-order valence-electron chi connectivity index (χ1n) is 8.05. The predicted octanol–water partition coefficient (Wildman–Crippen LogP) is 4.09. The summed E-state index contributed by atoms with van der Waals surface area (Å²) in [7, 11) is 3.20. The predicted molar refractivity (Wildman–Crippen MR) is 99.3 cm³/mol. The van der Waals surface area contributed by atoms with Crippen molar-refractivity contribution in [2.75, 3.05) is 20.8 Å². The van der Waals surface area contributed by atoms with Crippen LogP contribution in [-0.2, 0) is 13.1 Å². The van der Waals surface area contributed by atoms with E-state index in [4.69, 9.17) is 21.1 Å². The molecule has 0 saturated heterocycles. The number of carbonyl (C=O) groups excluding carboxylic acids is 1. The molecule has 2 rings (SSSR count). The van der Waals surface area contributed by atoms with Gasteiger partial charge in [-0.1, -0.05) is 23.7 Å². The van der Waals surface area contributed by atoms with Gasteiger partial charge in [-0.2, -0.15) is 0 Å². The van der Waals surface area contributed by atoms with Gasteiger partial charge in [0.1, 0.15) is 11.5 Å². The molecular weight excluding hydrogens is 340 g/mol. The minimum Gasteiger partial charge on any atom is -0.497 e. The minimum absolute atomic E-state index is 0.139. The quantitative estimate of drug-likeness (QED) is 0.807. The van der Waals surface area contributed by atoms with Crippen LogP contribution in [0, 0.1) is 0 Å². The van der Waals surface area contributed by atoms with Gasteiger partial charge in [0.2, 0.25) is 0 Å². The number of hydrogen-bond donors (Lipinski definition) is 1. The van der Waals surface area contributed by atoms with E-state index in [0.29, 0.717) is 36.2 Å². The van der Waals surface area contributed by atoms with Gasteiger partial charge in [0.05, 0.1) is 14.2 Å². The second-order valence-corrected chi connectivity index (χ2v) is 5.92. The van der Waals surface area contributed by atoms with Crippen molar-refractivity contribution in [1.29, 1.82) is 0 Å². The average molecular weight is 363 g/mol. The number of benzene rings is 2. The van der Waals surface area contributed by atoms with Crippen LogP contribution >= 0.6 is 11.6 Å². The summed E-state index contributed by atoms with van der Waals surface area (Å²) in [4.78, 5) is 14.2. The molecule has 0 fully saturated rings. The van der Waals surface area contributed by atoms with E-state index in [1.165, 1.54) is 0 Å². The van der Waals surface area contributed by atoms with Gasteiger partial charge in [0.15, 0.2) is 0 Å². The molecule has 0 atom stereocenters. The van der Waals surface area contributed by atoms with E-state index in [0.717, 1.165) is 11.1 Å². The van der Waals surface area contributed by atoms with E-state index >= 15 is 0 Å². The summed E-state index contributed by atoms with van der Waals surface area (Å²) < 4.78 is 10.5. The Morgan fingerprint density at radius 2 is 1.96 bits per heavy atom. The summed E-state index contributed by atoms with van der Waals surface area (Å²) in [6, 6.07) is 12.9. The Morgan fingerprint density at radius 3 is 2.60 bits per heavy atom. The van der Waals surface area contributed by atoms with E-state index in [-0.39, 0.29) is 6.03 Å². The number of methoxy groups -OCH3 is 2. The normalized spacial score (nSPS) is 10.2. The molecule has 0 aliphatic rings. The molecule has 134 valence electrons. The molecular formula is C19H23ClN2O3. The SMILES string of the molecule is CCN(Cc1cccc(Cl)c1)C(=O)NCc1ccc(OC)cc1OC. The van der Waals surface area contributed by atoms with Gasteiger partial charge in [0, 0.05) is 36.3 Å². The first-order chi connectivity index (χ1) is 12.1. The number of nitrogens with one attached hydrogen (secondary N) is 1. The molecule has 0 heterocycles. The summed E-state index contributed by atoms with van der Waals surface area (Å²) in [6.07, 6.45) is 0. The van der Waals surface area contributed by atoms with Gasteiger partial charge in [-0.05, 0) is 36.8 Å². The number of nitrogens with zero attached hydrogens (tertiary/aromatic N) is 1. The molecule has 0 aliphatic heterocycles. The summed E-state index contributed by atoms with van der Waals surface area (Å²) in [5.41, 5.74) is 1.88. The van der Waals surface area contributed by atoms with Crippen molar-refractivity contribution in [3.63, 3.8) is 0 Å². The van der Waals surface area contributed by atoms with Crippen molar-refractivity contribution in [3.8, 4) is 11.5 Å². The fourth-order valence-electron chi connectivity index (χ4n) is 2.46. The van der Waals surface area contributed by atoms with Gasteiger partial charge in [-0.3, -0.25) is 0 Å². The van der Waals surface area contributed by atoms with E-state index in [1.54, 1.807) is 25.2 Å². The van der Waals surface area contributed by atoms with Crippen molar-refractivity contribution in [2.45, 2.75) is 20.0 Å². The topological polar surface area (TPSA) is 50.8 Å². The molecule has 1 N–H and O–H groups in total. The molecule has 0 spiro atoms. The standard InChI is InChI=1S/C19H23ClN2O3/c1-4-22(13-14-6-5-7-16(20)10-14)19(23)21-12-15-8-9-17(24-2)11-18(15)25-3/h5-11H,4,12-13H2,1-3H3,(H,21,23). The van der Waals surface area contributed by atoms with E-state index < -0.39 is 0 Å². The molecule has 2 aromatic rings. The Morgan fingerprint density at radius 1 is 1.16 bits per heavy atom. The van der Waals surface area contributed by atoms with Crippen LogP contribution in [0.5, 0.6) is 11.5 Å². The van der Waals surface area contributed by atoms with Gasteiger partial charge in [-0.25, -0.2) is 4.79 Å². The summed E-state index contributed by atoms with van der Waals surface area (Å²) in [5.74, 6) is 1.39. The zero-order valence-corrected chi connectivity index (χ0v) is 15.5. The van der Waals surface area contributed by atoms with Crippen molar-refractivity contribution in [2.24, 2.45) is 0 Å². The Hall–Kier alpha value is -2.40. The zero-order chi connectivity index (χ0) is 18.2. The second-order valence-electron chi connectivity index (χ2n) is 5.48. The highest BCUT2D eigenvalue weighted by molar-refractivity contribution is 6.30. The maximum absolute atomic E-state index is 12.5. The van der Waals surface area contributed by atoms with Crippen LogP contribution in [0.1, 0.15) is 18.1 Å². The summed E-state index contributed by atoms with van der Waals surface area (Å²) in [5, 5.41) is 3.59. The summed E-state index contributed by atoms with van der Waals surface area (Å²) in [6.45, 7) is 3.41. The third kappa shape index (κ3) is 5.29. The molecule has 0 radical (unpaired) electrons. The summed E-state index contributed by atoms with van der Waals surface area (Å²) >= 11 is 6.01. The molecule has 0 unspecified atom stereocenters. The van der Waals surface area contributed by atoms with Crippen LogP contribution in [-0.4, -0.2) is 31.7 Å². The van der Waals surface area contributed by atoms with Crippen LogP contribution in [0.15, 0.2) is 42.5 Å². The number of halogens is 1. The largest absolute Gasteiger partial charge is 0.497 e. The second kappa shape index (κ2) is 9.18. The Bertz CT molecular complexity index is 722. The number of carbonyl (C=O) groups is 1. The highest BCUT2D eigenvalue weighted by Gasteiger charge is 2.13. The van der Waals surface area contributed by atoms with Crippen LogP contribution in [0.4, 0.5) is 4.79 Å².